The van der Waals surface area contributed by atoms with Crippen molar-refractivity contribution in [1.82, 2.24) is 14.7 Å². The molecule has 0 saturated carbocycles. The number of amides is 3. The summed E-state index contributed by atoms with van der Waals surface area (Å²) in [7, 11) is 1.48. The first-order chi connectivity index (χ1) is 32.3. The van der Waals surface area contributed by atoms with Gasteiger partial charge in [-0.3, -0.25) is 24.2 Å². The third-order valence-corrected chi connectivity index (χ3v) is 13.4. The van der Waals surface area contributed by atoms with Gasteiger partial charge in [0.1, 0.15) is 36.5 Å². The lowest BCUT2D eigenvalue weighted by atomic mass is 9.65. The number of hydrogen-bond acceptors (Lipinski definition) is 13. The standard InChI is InChI=1S/C51H50N4O11/c1-61-28-29-63-50(60)54-39-15-9-8-14-38(39)51(49(54)59)42(47(57)53-24-22-52(23-25-53)31-33-16-21-40-41(30-33)65-32-64-40)44-48(58)66-45(35-12-6-3-7-13-35)43(34-10-4-2-5-11-34)55(44)46(51)36-17-19-37(20-18-36)62-27-26-56/h2-21,30,42-46,56H,22-29,31-32H2,1H3/t42-,43-,44-,45+,46+,51-/m1/s1. The van der Waals surface area contributed by atoms with E-state index in [0.29, 0.717) is 61.1 Å². The van der Waals surface area contributed by atoms with Crippen molar-refractivity contribution >= 4 is 29.6 Å². The van der Waals surface area contributed by atoms with Crippen molar-refractivity contribution in [3.05, 3.63) is 155 Å². The number of carbonyl (C=O) groups excluding carboxylic acids is 4. The van der Waals surface area contributed by atoms with Gasteiger partial charge in [-0.25, -0.2) is 9.69 Å². The number of hydrogen-bond donors (Lipinski definition) is 1. The van der Waals surface area contributed by atoms with Crippen LogP contribution in [0.2, 0.25) is 0 Å². The van der Waals surface area contributed by atoms with Gasteiger partial charge in [0.2, 0.25) is 18.6 Å². The number of para-hydroxylation sites is 1. The Hall–Kier alpha value is -6.78. The number of anilines is 1. The summed E-state index contributed by atoms with van der Waals surface area (Å²) < 4.78 is 34.4. The number of cyclic esters (lactones) is 1. The molecule has 3 saturated heterocycles. The van der Waals surface area contributed by atoms with E-state index in [-0.39, 0.29) is 38.9 Å². The number of ether oxygens (including phenoxy) is 6. The fourth-order valence-corrected chi connectivity index (χ4v) is 10.6. The molecule has 0 aliphatic carbocycles. The fraction of sp³-hybridized carbons (Fsp3) is 0.333. The highest BCUT2D eigenvalue weighted by atomic mass is 16.7. The maximum absolute atomic E-state index is 16.2. The zero-order valence-corrected chi connectivity index (χ0v) is 36.4. The second kappa shape index (κ2) is 18.2. The van der Waals surface area contributed by atoms with Gasteiger partial charge in [0.25, 0.3) is 0 Å². The molecule has 5 aliphatic heterocycles. The van der Waals surface area contributed by atoms with Crippen LogP contribution in [-0.2, 0) is 40.6 Å². The number of aliphatic hydroxyl groups excluding tert-OH is 1. The number of methoxy groups -OCH3 is 1. The van der Waals surface area contributed by atoms with Crippen molar-refractivity contribution in [2.24, 2.45) is 5.92 Å². The molecule has 1 spiro atoms. The Bertz CT molecular complexity index is 2590. The zero-order chi connectivity index (χ0) is 45.4. The van der Waals surface area contributed by atoms with E-state index in [2.05, 4.69) is 4.90 Å². The summed E-state index contributed by atoms with van der Waals surface area (Å²) in [6.07, 6.45) is -1.79. The monoisotopic (exact) mass is 894 g/mol. The van der Waals surface area contributed by atoms with Gasteiger partial charge in [-0.15, -0.1) is 0 Å². The van der Waals surface area contributed by atoms with Crippen molar-refractivity contribution in [3.63, 3.8) is 0 Å². The summed E-state index contributed by atoms with van der Waals surface area (Å²) in [5.41, 5.74) is 1.95. The van der Waals surface area contributed by atoms with Crippen LogP contribution in [-0.4, -0.2) is 116 Å². The Morgan fingerprint density at radius 2 is 1.44 bits per heavy atom. The molecule has 3 fully saturated rings. The number of aliphatic hydroxyl groups is 1. The van der Waals surface area contributed by atoms with Gasteiger partial charge >= 0.3 is 12.1 Å². The van der Waals surface area contributed by atoms with Crippen molar-refractivity contribution in [3.8, 4) is 17.2 Å². The Morgan fingerprint density at radius 1 is 0.742 bits per heavy atom. The number of morpholine rings is 1. The molecule has 0 aromatic heterocycles. The van der Waals surface area contributed by atoms with Crippen LogP contribution in [0.5, 0.6) is 17.2 Å². The number of piperazine rings is 1. The molecule has 15 nitrogen and oxygen atoms in total. The Kier molecular flexibility index (Phi) is 11.9. The van der Waals surface area contributed by atoms with Crippen LogP contribution in [0.1, 0.15) is 46.0 Å². The van der Waals surface area contributed by atoms with Gasteiger partial charge in [-0.1, -0.05) is 97.1 Å². The number of nitrogens with zero attached hydrogens (tertiary/aromatic N) is 4. The molecule has 5 aromatic rings. The van der Waals surface area contributed by atoms with E-state index in [9.17, 15) is 9.90 Å². The lowest BCUT2D eigenvalue weighted by molar-refractivity contribution is -0.179. The molecule has 3 amide bonds. The van der Waals surface area contributed by atoms with E-state index in [0.717, 1.165) is 21.6 Å². The molecule has 0 radical (unpaired) electrons. The summed E-state index contributed by atoms with van der Waals surface area (Å²) in [5.74, 6) is -1.27. The minimum absolute atomic E-state index is 0.0636. The van der Waals surface area contributed by atoms with Crippen LogP contribution < -0.4 is 19.1 Å². The maximum atomic E-state index is 16.2. The van der Waals surface area contributed by atoms with Gasteiger partial charge in [-0.05, 0) is 58.1 Å². The normalized spacial score (nSPS) is 24.5. The average Bonchev–Trinajstić information content (AvgIpc) is 4.03. The molecule has 0 unspecified atom stereocenters. The lowest BCUT2D eigenvalue weighted by Gasteiger charge is -2.46. The SMILES string of the molecule is COCCOC(=O)N1C(=O)[C@@]2(c3ccccc31)[C@H](c1ccc(OCCO)cc1)N1[C@H](c3ccccc3)[C@H](c3ccccc3)OC(=O)[C@H]1[C@@H]2C(=O)N1CCN(Cc2ccc3c(c2)OCO3)CC1. The smallest absolute Gasteiger partial charge is 0.421 e. The largest absolute Gasteiger partial charge is 0.491 e. The summed E-state index contributed by atoms with van der Waals surface area (Å²) in [6.45, 7) is 2.29. The maximum Gasteiger partial charge on any atom is 0.421 e. The topological polar surface area (TPSA) is 157 Å². The van der Waals surface area contributed by atoms with E-state index < -0.39 is 59.4 Å². The highest BCUT2D eigenvalue weighted by Gasteiger charge is 2.76. The van der Waals surface area contributed by atoms with Gasteiger partial charge in [0, 0.05) is 39.8 Å². The zero-order valence-electron chi connectivity index (χ0n) is 36.4. The van der Waals surface area contributed by atoms with Gasteiger partial charge in [0.15, 0.2) is 11.5 Å². The number of carbonyl (C=O) groups is 4. The summed E-state index contributed by atoms with van der Waals surface area (Å²) in [5, 5.41) is 9.55. The second-order valence-corrected chi connectivity index (χ2v) is 17.0. The van der Waals surface area contributed by atoms with Gasteiger partial charge in [0.05, 0.1) is 36.9 Å². The van der Waals surface area contributed by atoms with Gasteiger partial charge in [-0.2, -0.15) is 0 Å². The third kappa shape index (κ3) is 7.41. The van der Waals surface area contributed by atoms with Crippen LogP contribution in [0.15, 0.2) is 127 Å². The van der Waals surface area contributed by atoms with Crippen LogP contribution in [0.3, 0.4) is 0 Å². The highest BCUT2D eigenvalue weighted by Crippen LogP contribution is 2.66. The van der Waals surface area contributed by atoms with E-state index in [1.165, 1.54) is 7.11 Å². The first-order valence-electron chi connectivity index (χ1n) is 22.2. The number of imide groups is 1. The van der Waals surface area contributed by atoms with Crippen LogP contribution in [0.4, 0.5) is 10.5 Å². The number of esters is 1. The van der Waals surface area contributed by atoms with Crippen LogP contribution in [0, 0.1) is 5.92 Å². The molecule has 340 valence electrons. The van der Waals surface area contributed by atoms with E-state index in [1.54, 1.807) is 41.3 Å². The van der Waals surface area contributed by atoms with Gasteiger partial charge < -0.3 is 38.4 Å². The second-order valence-electron chi connectivity index (χ2n) is 17.0. The summed E-state index contributed by atoms with van der Waals surface area (Å²) >= 11 is 0. The van der Waals surface area contributed by atoms with Crippen molar-refractivity contribution in [1.29, 1.82) is 0 Å². The molecular formula is C51H50N4O11. The summed E-state index contributed by atoms with van der Waals surface area (Å²) in [6, 6.07) is 36.1. The van der Waals surface area contributed by atoms with Crippen LogP contribution in [0.25, 0.3) is 0 Å². The first kappa shape index (κ1) is 43.1. The molecule has 10 rings (SSSR count). The molecule has 15 heteroatoms. The third-order valence-electron chi connectivity index (χ3n) is 13.4. The van der Waals surface area contributed by atoms with E-state index in [1.807, 2.05) is 95.9 Å². The predicted octanol–water partition coefficient (Wildman–Crippen LogP) is 5.58. The summed E-state index contributed by atoms with van der Waals surface area (Å²) in [4.78, 5) is 68.9. The molecule has 66 heavy (non-hydrogen) atoms. The molecule has 5 aromatic carbocycles. The number of rotatable bonds is 12. The first-order valence-corrected chi connectivity index (χ1v) is 22.2. The van der Waals surface area contributed by atoms with Crippen molar-refractivity contribution in [2.45, 2.75) is 36.2 Å². The Morgan fingerprint density at radius 3 is 2.17 bits per heavy atom. The molecular weight excluding hydrogens is 845 g/mol. The Labute approximate surface area is 381 Å². The minimum atomic E-state index is -1.88. The molecule has 5 heterocycles. The minimum Gasteiger partial charge on any atom is -0.491 e. The molecule has 0 bridgehead atoms. The average molecular weight is 895 g/mol. The fourth-order valence-electron chi connectivity index (χ4n) is 10.6. The number of fused-ring (bicyclic) bond motifs is 4. The van der Waals surface area contributed by atoms with Crippen LogP contribution >= 0.6 is 0 Å². The highest BCUT2D eigenvalue weighted by molar-refractivity contribution is 6.23. The quantitative estimate of drug-likeness (QED) is 0.123. The van der Waals surface area contributed by atoms with Crippen molar-refractivity contribution in [2.75, 3.05) is 71.4 Å². The van der Waals surface area contributed by atoms with E-state index >= 15 is 14.4 Å². The molecule has 1 N–H and O–H groups in total. The Balaban J connectivity index is 1.14. The lowest BCUT2D eigenvalue weighted by Crippen LogP contribution is -2.59. The molecule has 5 aliphatic rings. The van der Waals surface area contributed by atoms with E-state index in [4.69, 9.17) is 28.4 Å². The predicted molar refractivity (Wildman–Crippen MR) is 239 cm³/mol. The molecule has 6 atom stereocenters. The van der Waals surface area contributed by atoms with Crippen molar-refractivity contribution < 1.29 is 52.7 Å². The number of benzene rings is 5.